The van der Waals surface area contributed by atoms with Crippen LogP contribution < -0.4 is 14.8 Å². The first kappa shape index (κ1) is 18.0. The highest BCUT2D eigenvalue weighted by molar-refractivity contribution is 7.14. The van der Waals surface area contributed by atoms with Crippen LogP contribution in [-0.2, 0) is 9.53 Å². The van der Waals surface area contributed by atoms with E-state index >= 15 is 0 Å². The number of thiazole rings is 1. The van der Waals surface area contributed by atoms with E-state index in [-0.39, 0.29) is 12.4 Å². The van der Waals surface area contributed by atoms with Gasteiger partial charge in [0.25, 0.3) is 5.91 Å². The molecule has 0 saturated carbocycles. The van der Waals surface area contributed by atoms with Gasteiger partial charge in [-0.05, 0) is 25.1 Å². The Bertz CT molecular complexity index is 1020. The standard InChI is InChI=1S/C20H16N2O5S/c1-12(27-19(24)14-7-8-16-17(9-14)26-11-25-16)18(23)22-20-21-15(10-28-20)13-5-3-2-4-6-13/h2-10,12H,11H2,1H3,(H,21,22,23). The Morgan fingerprint density at radius 3 is 2.75 bits per heavy atom. The highest BCUT2D eigenvalue weighted by atomic mass is 32.1. The number of carbonyl (C=O) groups excluding carboxylic acids is 2. The number of amides is 1. The van der Waals surface area contributed by atoms with Crippen molar-refractivity contribution in [3.05, 3.63) is 59.5 Å². The molecule has 1 N–H and O–H groups in total. The van der Waals surface area contributed by atoms with Crippen molar-refractivity contribution in [1.29, 1.82) is 0 Å². The largest absolute Gasteiger partial charge is 0.454 e. The Hall–Kier alpha value is -3.39. The second-order valence-corrected chi connectivity index (χ2v) is 6.87. The number of hydrogen-bond acceptors (Lipinski definition) is 7. The van der Waals surface area contributed by atoms with E-state index in [1.165, 1.54) is 24.3 Å². The van der Waals surface area contributed by atoms with Crippen LogP contribution in [0.1, 0.15) is 17.3 Å². The fourth-order valence-electron chi connectivity index (χ4n) is 2.59. The first-order valence-electron chi connectivity index (χ1n) is 8.52. The van der Waals surface area contributed by atoms with Crippen molar-refractivity contribution in [2.75, 3.05) is 12.1 Å². The quantitative estimate of drug-likeness (QED) is 0.662. The first-order chi connectivity index (χ1) is 13.6. The number of rotatable bonds is 5. The Labute approximate surface area is 164 Å². The van der Waals surface area contributed by atoms with Gasteiger partial charge in [0, 0.05) is 10.9 Å². The topological polar surface area (TPSA) is 86.8 Å². The van der Waals surface area contributed by atoms with Gasteiger partial charge >= 0.3 is 5.97 Å². The van der Waals surface area contributed by atoms with Crippen LogP contribution in [-0.4, -0.2) is 29.8 Å². The number of anilines is 1. The van der Waals surface area contributed by atoms with Crippen molar-refractivity contribution in [3.63, 3.8) is 0 Å². The molecule has 0 aliphatic carbocycles. The SMILES string of the molecule is CC(OC(=O)c1ccc2c(c1)OCO2)C(=O)Nc1nc(-c2ccccc2)cs1. The lowest BCUT2D eigenvalue weighted by Gasteiger charge is -2.12. The molecule has 0 radical (unpaired) electrons. The molecular weight excluding hydrogens is 380 g/mol. The summed E-state index contributed by atoms with van der Waals surface area (Å²) in [4.78, 5) is 29.0. The van der Waals surface area contributed by atoms with Crippen LogP contribution in [0.2, 0.25) is 0 Å². The normalized spacial score (nSPS) is 13.0. The Morgan fingerprint density at radius 1 is 1.14 bits per heavy atom. The molecule has 8 heteroatoms. The molecule has 1 atom stereocenters. The summed E-state index contributed by atoms with van der Waals surface area (Å²) in [5, 5.41) is 4.97. The van der Waals surface area contributed by atoms with Crippen molar-refractivity contribution >= 4 is 28.3 Å². The second-order valence-electron chi connectivity index (χ2n) is 6.01. The van der Waals surface area contributed by atoms with Gasteiger partial charge in [0.2, 0.25) is 6.79 Å². The third-order valence-electron chi connectivity index (χ3n) is 4.07. The van der Waals surface area contributed by atoms with Crippen LogP contribution in [0.3, 0.4) is 0 Å². The van der Waals surface area contributed by atoms with E-state index in [9.17, 15) is 9.59 Å². The molecule has 0 spiro atoms. The summed E-state index contributed by atoms with van der Waals surface area (Å²) in [5.74, 6) is -0.0313. The fourth-order valence-corrected chi connectivity index (χ4v) is 3.31. The number of esters is 1. The van der Waals surface area contributed by atoms with E-state index in [2.05, 4.69) is 10.3 Å². The van der Waals surface area contributed by atoms with Crippen molar-refractivity contribution < 1.29 is 23.8 Å². The second kappa shape index (κ2) is 7.69. The van der Waals surface area contributed by atoms with Crippen LogP contribution in [0.15, 0.2) is 53.9 Å². The third kappa shape index (κ3) is 3.81. The lowest BCUT2D eigenvalue weighted by atomic mass is 10.2. The van der Waals surface area contributed by atoms with Gasteiger partial charge in [-0.1, -0.05) is 30.3 Å². The van der Waals surface area contributed by atoms with Crippen molar-refractivity contribution in [2.45, 2.75) is 13.0 Å². The number of ether oxygens (including phenoxy) is 3. The van der Waals surface area contributed by atoms with Gasteiger partial charge in [0.15, 0.2) is 22.7 Å². The highest BCUT2D eigenvalue weighted by Gasteiger charge is 2.22. The lowest BCUT2D eigenvalue weighted by Crippen LogP contribution is -2.29. The zero-order valence-electron chi connectivity index (χ0n) is 14.9. The third-order valence-corrected chi connectivity index (χ3v) is 4.82. The van der Waals surface area contributed by atoms with Crippen LogP contribution >= 0.6 is 11.3 Å². The zero-order chi connectivity index (χ0) is 19.5. The lowest BCUT2D eigenvalue weighted by molar-refractivity contribution is -0.123. The minimum Gasteiger partial charge on any atom is -0.454 e. The van der Waals surface area contributed by atoms with Gasteiger partial charge in [-0.3, -0.25) is 10.1 Å². The maximum Gasteiger partial charge on any atom is 0.339 e. The van der Waals surface area contributed by atoms with Crippen LogP contribution in [0.25, 0.3) is 11.3 Å². The first-order valence-corrected chi connectivity index (χ1v) is 9.40. The summed E-state index contributed by atoms with van der Waals surface area (Å²) in [6.45, 7) is 1.62. The molecule has 7 nitrogen and oxygen atoms in total. The molecule has 1 unspecified atom stereocenters. The summed E-state index contributed by atoms with van der Waals surface area (Å²) in [5.41, 5.74) is 2.01. The molecule has 3 aromatic rings. The average Bonchev–Trinajstić information content (AvgIpc) is 3.37. The summed E-state index contributed by atoms with van der Waals surface area (Å²) in [6.07, 6.45) is -0.984. The van der Waals surface area contributed by atoms with Gasteiger partial charge in [-0.2, -0.15) is 0 Å². The minimum absolute atomic E-state index is 0.116. The molecule has 28 heavy (non-hydrogen) atoms. The number of aromatic nitrogens is 1. The average molecular weight is 396 g/mol. The van der Waals surface area contributed by atoms with Crippen LogP contribution in [0.5, 0.6) is 11.5 Å². The van der Waals surface area contributed by atoms with E-state index in [1.807, 2.05) is 35.7 Å². The number of fused-ring (bicyclic) bond motifs is 1. The maximum atomic E-state index is 12.3. The van der Waals surface area contributed by atoms with Crippen molar-refractivity contribution in [2.24, 2.45) is 0 Å². The smallest absolute Gasteiger partial charge is 0.339 e. The van der Waals surface area contributed by atoms with Crippen molar-refractivity contribution in [1.82, 2.24) is 4.98 Å². The van der Waals surface area contributed by atoms with Crippen molar-refractivity contribution in [3.8, 4) is 22.8 Å². The predicted molar refractivity (Wildman–Crippen MR) is 104 cm³/mol. The molecule has 1 aromatic heterocycles. The molecule has 2 heterocycles. The number of benzene rings is 2. The summed E-state index contributed by atoms with van der Waals surface area (Å²) in [6, 6.07) is 14.4. The molecule has 1 amide bonds. The minimum atomic E-state index is -0.984. The van der Waals surface area contributed by atoms with E-state index < -0.39 is 18.0 Å². The Morgan fingerprint density at radius 2 is 1.93 bits per heavy atom. The highest BCUT2D eigenvalue weighted by Crippen LogP contribution is 2.32. The Balaban J connectivity index is 1.37. The monoisotopic (exact) mass is 396 g/mol. The van der Waals surface area contributed by atoms with Gasteiger partial charge in [0.1, 0.15) is 0 Å². The van der Waals surface area contributed by atoms with E-state index in [1.54, 1.807) is 12.1 Å². The van der Waals surface area contributed by atoms with Gasteiger partial charge in [-0.15, -0.1) is 11.3 Å². The summed E-state index contributed by atoms with van der Waals surface area (Å²) >= 11 is 1.30. The Kier molecular flexibility index (Phi) is 4.94. The summed E-state index contributed by atoms with van der Waals surface area (Å²) in [7, 11) is 0. The number of carbonyl (C=O) groups is 2. The number of hydrogen-bond donors (Lipinski definition) is 1. The number of nitrogens with zero attached hydrogens (tertiary/aromatic N) is 1. The molecule has 0 fully saturated rings. The van der Waals surface area contributed by atoms with Gasteiger partial charge in [-0.25, -0.2) is 9.78 Å². The molecule has 2 aromatic carbocycles. The predicted octanol–water partition coefficient (Wildman–Crippen LogP) is 3.72. The molecular formula is C20H16N2O5S. The maximum absolute atomic E-state index is 12.3. The molecule has 0 bridgehead atoms. The number of nitrogens with one attached hydrogen (secondary N) is 1. The molecule has 0 saturated heterocycles. The molecule has 1 aliphatic rings. The van der Waals surface area contributed by atoms with Crippen LogP contribution in [0.4, 0.5) is 5.13 Å². The van der Waals surface area contributed by atoms with Gasteiger partial charge in [0.05, 0.1) is 11.3 Å². The summed E-state index contributed by atoms with van der Waals surface area (Å²) < 4.78 is 15.7. The zero-order valence-corrected chi connectivity index (χ0v) is 15.7. The van der Waals surface area contributed by atoms with E-state index in [4.69, 9.17) is 14.2 Å². The molecule has 1 aliphatic heterocycles. The van der Waals surface area contributed by atoms with Gasteiger partial charge < -0.3 is 14.2 Å². The molecule has 4 rings (SSSR count). The molecule has 142 valence electrons. The fraction of sp³-hybridized carbons (Fsp3) is 0.150. The van der Waals surface area contributed by atoms with E-state index in [0.29, 0.717) is 16.6 Å². The van der Waals surface area contributed by atoms with E-state index in [0.717, 1.165) is 11.3 Å². The van der Waals surface area contributed by atoms with Crippen LogP contribution in [0, 0.1) is 0 Å².